The highest BCUT2D eigenvalue weighted by Crippen LogP contribution is 2.15. The van der Waals surface area contributed by atoms with Crippen molar-refractivity contribution in [2.45, 2.75) is 6.92 Å². The Hall–Kier alpha value is -1.69. The molecule has 0 aromatic heterocycles. The third-order valence-electron chi connectivity index (χ3n) is 2.43. The minimum atomic E-state index is -0.291. The monoisotopic (exact) mass is 296 g/mol. The fourth-order valence-electron chi connectivity index (χ4n) is 1.47. The summed E-state index contributed by atoms with van der Waals surface area (Å²) in [7, 11) is 3.92. The first-order chi connectivity index (χ1) is 9.52. The summed E-state index contributed by atoms with van der Waals surface area (Å²) >= 11 is 1.24. The molecule has 1 N–H and O–H groups in total. The van der Waals surface area contributed by atoms with E-state index in [-0.39, 0.29) is 23.4 Å². The molecule has 0 aliphatic rings. The lowest BCUT2D eigenvalue weighted by molar-refractivity contribution is -0.139. The van der Waals surface area contributed by atoms with E-state index in [1.165, 1.54) is 11.8 Å². The highest BCUT2D eigenvalue weighted by Gasteiger charge is 2.06. The van der Waals surface area contributed by atoms with E-state index in [0.29, 0.717) is 6.61 Å². The Morgan fingerprint density at radius 1 is 1.20 bits per heavy atom. The SMILES string of the molecule is CCOC(=O)CSCC(=O)Nc1ccc(N(C)C)cc1. The topological polar surface area (TPSA) is 58.6 Å². The molecule has 0 atom stereocenters. The van der Waals surface area contributed by atoms with Gasteiger partial charge in [0.1, 0.15) is 0 Å². The summed E-state index contributed by atoms with van der Waals surface area (Å²) in [5, 5.41) is 2.78. The number of rotatable bonds is 7. The molecular formula is C14H20N2O3S. The van der Waals surface area contributed by atoms with Crippen LogP contribution in [0.1, 0.15) is 6.92 Å². The van der Waals surface area contributed by atoms with Crippen LogP contribution >= 0.6 is 11.8 Å². The van der Waals surface area contributed by atoms with Crippen LogP contribution in [0.25, 0.3) is 0 Å². The minimum absolute atomic E-state index is 0.128. The molecule has 0 radical (unpaired) electrons. The molecule has 0 bridgehead atoms. The predicted octanol–water partition coefficient (Wildman–Crippen LogP) is 1.99. The molecule has 5 nitrogen and oxygen atoms in total. The van der Waals surface area contributed by atoms with Crippen LogP contribution < -0.4 is 10.2 Å². The maximum Gasteiger partial charge on any atom is 0.315 e. The Morgan fingerprint density at radius 3 is 2.40 bits per heavy atom. The normalized spacial score (nSPS) is 9.95. The number of esters is 1. The fraction of sp³-hybridized carbons (Fsp3) is 0.429. The summed E-state index contributed by atoms with van der Waals surface area (Å²) in [6.45, 7) is 2.12. The predicted molar refractivity (Wildman–Crippen MR) is 83.4 cm³/mol. The molecule has 1 aromatic rings. The average Bonchev–Trinajstić information content (AvgIpc) is 2.39. The summed E-state index contributed by atoms with van der Waals surface area (Å²) < 4.78 is 4.78. The molecule has 0 saturated heterocycles. The number of hydrogen-bond donors (Lipinski definition) is 1. The smallest absolute Gasteiger partial charge is 0.315 e. The number of carbonyl (C=O) groups is 2. The zero-order valence-corrected chi connectivity index (χ0v) is 12.8. The number of anilines is 2. The number of hydrogen-bond acceptors (Lipinski definition) is 5. The number of nitrogens with zero attached hydrogens (tertiary/aromatic N) is 1. The van der Waals surface area contributed by atoms with Gasteiger partial charge in [-0.05, 0) is 31.2 Å². The van der Waals surface area contributed by atoms with Gasteiger partial charge in [-0.25, -0.2) is 0 Å². The molecule has 1 aromatic carbocycles. The summed E-state index contributed by atoms with van der Waals surface area (Å²) in [5.74, 6) is 0.00672. The maximum absolute atomic E-state index is 11.7. The van der Waals surface area contributed by atoms with Gasteiger partial charge >= 0.3 is 5.97 Å². The van der Waals surface area contributed by atoms with Crippen LogP contribution in [0.2, 0.25) is 0 Å². The standard InChI is InChI=1S/C14H20N2O3S/c1-4-19-14(18)10-20-9-13(17)15-11-5-7-12(8-6-11)16(2)3/h5-8H,4,9-10H2,1-3H3,(H,15,17). The quantitative estimate of drug-likeness (QED) is 0.780. The van der Waals surface area contributed by atoms with Crippen LogP contribution in [0.3, 0.4) is 0 Å². The van der Waals surface area contributed by atoms with Gasteiger partial charge in [-0.3, -0.25) is 9.59 Å². The van der Waals surface area contributed by atoms with Crippen molar-refractivity contribution in [2.24, 2.45) is 0 Å². The van der Waals surface area contributed by atoms with E-state index in [1.54, 1.807) is 6.92 Å². The molecular weight excluding hydrogens is 276 g/mol. The van der Waals surface area contributed by atoms with Gasteiger partial charge in [-0.1, -0.05) is 0 Å². The van der Waals surface area contributed by atoms with Crippen molar-refractivity contribution in [2.75, 3.05) is 42.4 Å². The third kappa shape index (κ3) is 5.97. The summed E-state index contributed by atoms with van der Waals surface area (Å²) in [4.78, 5) is 24.8. The lowest BCUT2D eigenvalue weighted by atomic mass is 10.2. The van der Waals surface area contributed by atoms with E-state index >= 15 is 0 Å². The molecule has 20 heavy (non-hydrogen) atoms. The second-order valence-electron chi connectivity index (χ2n) is 4.29. The number of amides is 1. The fourth-order valence-corrected chi connectivity index (χ4v) is 2.08. The molecule has 0 spiro atoms. The van der Waals surface area contributed by atoms with Crippen LogP contribution in [0.4, 0.5) is 11.4 Å². The lowest BCUT2D eigenvalue weighted by Gasteiger charge is -2.13. The molecule has 0 fully saturated rings. The highest BCUT2D eigenvalue weighted by molar-refractivity contribution is 8.00. The first-order valence-corrected chi connectivity index (χ1v) is 7.49. The number of ether oxygens (including phenoxy) is 1. The van der Waals surface area contributed by atoms with E-state index in [0.717, 1.165) is 11.4 Å². The lowest BCUT2D eigenvalue weighted by Crippen LogP contribution is -2.16. The number of carbonyl (C=O) groups excluding carboxylic acids is 2. The third-order valence-corrected chi connectivity index (χ3v) is 3.33. The van der Waals surface area contributed by atoms with Gasteiger partial charge in [-0.2, -0.15) is 0 Å². The highest BCUT2D eigenvalue weighted by atomic mass is 32.2. The van der Waals surface area contributed by atoms with Crippen LogP contribution in [0, 0.1) is 0 Å². The Balaban J connectivity index is 2.33. The van der Waals surface area contributed by atoms with E-state index in [4.69, 9.17) is 4.74 Å². The molecule has 0 unspecified atom stereocenters. The molecule has 0 aliphatic heterocycles. The van der Waals surface area contributed by atoms with Gasteiger partial charge in [-0.15, -0.1) is 11.8 Å². The Labute approximate surface area is 123 Å². The molecule has 1 amide bonds. The van der Waals surface area contributed by atoms with Gasteiger partial charge < -0.3 is 15.0 Å². The van der Waals surface area contributed by atoms with Gasteiger partial charge in [0.2, 0.25) is 5.91 Å². The minimum Gasteiger partial charge on any atom is -0.465 e. The van der Waals surface area contributed by atoms with Gasteiger partial charge in [0.15, 0.2) is 0 Å². The molecule has 0 saturated carbocycles. The van der Waals surface area contributed by atoms with Crippen LogP contribution in [0.15, 0.2) is 24.3 Å². The average molecular weight is 296 g/mol. The largest absolute Gasteiger partial charge is 0.465 e. The second kappa shape index (κ2) is 8.47. The number of benzene rings is 1. The van der Waals surface area contributed by atoms with E-state index < -0.39 is 0 Å². The molecule has 1 rings (SSSR count). The summed E-state index contributed by atoms with van der Waals surface area (Å²) in [6, 6.07) is 7.56. The van der Waals surface area contributed by atoms with Crippen LogP contribution in [-0.2, 0) is 14.3 Å². The van der Waals surface area contributed by atoms with Crippen molar-refractivity contribution < 1.29 is 14.3 Å². The molecule has 0 heterocycles. The van der Waals surface area contributed by atoms with Crippen molar-refractivity contribution in [1.29, 1.82) is 0 Å². The Morgan fingerprint density at radius 2 is 1.85 bits per heavy atom. The zero-order valence-electron chi connectivity index (χ0n) is 12.0. The van der Waals surface area contributed by atoms with Crippen molar-refractivity contribution in [3.05, 3.63) is 24.3 Å². The van der Waals surface area contributed by atoms with Gasteiger partial charge in [0, 0.05) is 25.5 Å². The second-order valence-corrected chi connectivity index (χ2v) is 5.27. The number of thioether (sulfide) groups is 1. The van der Waals surface area contributed by atoms with Crippen LogP contribution in [0.5, 0.6) is 0 Å². The maximum atomic E-state index is 11.7. The first-order valence-electron chi connectivity index (χ1n) is 6.33. The Bertz CT molecular complexity index is 446. The van der Waals surface area contributed by atoms with Crippen molar-refractivity contribution in [3.8, 4) is 0 Å². The summed E-state index contributed by atoms with van der Waals surface area (Å²) in [6.07, 6.45) is 0. The van der Waals surface area contributed by atoms with Crippen molar-refractivity contribution >= 4 is 35.0 Å². The number of nitrogens with one attached hydrogen (secondary N) is 1. The summed E-state index contributed by atoms with van der Waals surface area (Å²) in [5.41, 5.74) is 1.82. The van der Waals surface area contributed by atoms with Crippen LogP contribution in [-0.4, -0.2) is 44.1 Å². The van der Waals surface area contributed by atoms with Crippen molar-refractivity contribution in [1.82, 2.24) is 0 Å². The van der Waals surface area contributed by atoms with E-state index in [1.807, 2.05) is 43.3 Å². The molecule has 0 aliphatic carbocycles. The van der Waals surface area contributed by atoms with Gasteiger partial charge in [0.05, 0.1) is 18.1 Å². The molecule has 6 heteroatoms. The zero-order chi connectivity index (χ0) is 15.0. The molecule has 110 valence electrons. The first kappa shape index (κ1) is 16.4. The van der Waals surface area contributed by atoms with E-state index in [2.05, 4.69) is 5.32 Å². The van der Waals surface area contributed by atoms with Gasteiger partial charge in [0.25, 0.3) is 0 Å². The van der Waals surface area contributed by atoms with Crippen molar-refractivity contribution in [3.63, 3.8) is 0 Å². The van der Waals surface area contributed by atoms with E-state index in [9.17, 15) is 9.59 Å². The Kier molecular flexibility index (Phi) is 6.93.